The highest BCUT2D eigenvalue weighted by atomic mass is 32.2. The van der Waals surface area contributed by atoms with Crippen LogP contribution in [0, 0.1) is 12.8 Å². The van der Waals surface area contributed by atoms with Crippen molar-refractivity contribution >= 4 is 15.5 Å². The van der Waals surface area contributed by atoms with E-state index in [2.05, 4.69) is 0 Å². The molecule has 3 nitrogen and oxygen atoms in total. The molecule has 1 fully saturated rings. The molecule has 1 saturated heterocycles. The van der Waals surface area contributed by atoms with Crippen molar-refractivity contribution in [1.82, 2.24) is 0 Å². The average molecular weight is 239 g/mol. The molecule has 2 rings (SSSR count). The van der Waals surface area contributed by atoms with Gasteiger partial charge in [-0.1, -0.05) is 12.1 Å². The summed E-state index contributed by atoms with van der Waals surface area (Å²) >= 11 is 0. The molecule has 0 aliphatic carbocycles. The molecule has 0 spiro atoms. The van der Waals surface area contributed by atoms with E-state index >= 15 is 0 Å². The van der Waals surface area contributed by atoms with Gasteiger partial charge < -0.3 is 5.73 Å². The summed E-state index contributed by atoms with van der Waals surface area (Å²) in [6.45, 7) is 2.00. The van der Waals surface area contributed by atoms with Crippen LogP contribution in [0.5, 0.6) is 0 Å². The second-order valence-corrected chi connectivity index (χ2v) is 6.90. The number of nitrogen functional groups attached to an aromatic ring is 1. The SMILES string of the molecule is Cc1ccc(CC2CCS(=O)(=O)C2)c(N)c1. The minimum atomic E-state index is -2.78. The third kappa shape index (κ3) is 2.55. The molecule has 4 heteroatoms. The Labute approximate surface area is 96.6 Å². The van der Waals surface area contributed by atoms with E-state index in [1.807, 2.05) is 25.1 Å². The lowest BCUT2D eigenvalue weighted by Crippen LogP contribution is -2.08. The first-order valence-electron chi connectivity index (χ1n) is 5.52. The molecule has 88 valence electrons. The maximum absolute atomic E-state index is 11.3. The van der Waals surface area contributed by atoms with Crippen molar-refractivity contribution in [3.05, 3.63) is 29.3 Å². The van der Waals surface area contributed by atoms with E-state index in [1.165, 1.54) is 0 Å². The molecule has 1 aliphatic heterocycles. The molecule has 1 aliphatic rings. The molecule has 2 N–H and O–H groups in total. The Morgan fingerprint density at radius 3 is 2.75 bits per heavy atom. The second kappa shape index (κ2) is 4.09. The molecule has 0 radical (unpaired) electrons. The van der Waals surface area contributed by atoms with Crippen molar-refractivity contribution in [1.29, 1.82) is 0 Å². The van der Waals surface area contributed by atoms with Gasteiger partial charge in [0, 0.05) is 5.69 Å². The highest BCUT2D eigenvalue weighted by Crippen LogP contribution is 2.25. The first-order chi connectivity index (χ1) is 7.46. The van der Waals surface area contributed by atoms with Crippen molar-refractivity contribution in [3.63, 3.8) is 0 Å². The molecular weight excluding hydrogens is 222 g/mol. The molecule has 1 aromatic rings. The summed E-state index contributed by atoms with van der Waals surface area (Å²) in [7, 11) is -2.78. The van der Waals surface area contributed by atoms with Crippen molar-refractivity contribution < 1.29 is 8.42 Å². The number of hydrogen-bond acceptors (Lipinski definition) is 3. The number of hydrogen-bond donors (Lipinski definition) is 1. The summed E-state index contributed by atoms with van der Waals surface area (Å²) in [5.74, 6) is 0.902. The van der Waals surface area contributed by atoms with E-state index < -0.39 is 9.84 Å². The van der Waals surface area contributed by atoms with Gasteiger partial charge in [0.05, 0.1) is 11.5 Å². The lowest BCUT2D eigenvalue weighted by Gasteiger charge is -2.10. The smallest absolute Gasteiger partial charge is 0.150 e. The molecule has 1 aromatic carbocycles. The van der Waals surface area contributed by atoms with Gasteiger partial charge in [0.25, 0.3) is 0 Å². The van der Waals surface area contributed by atoms with Gasteiger partial charge in [0.1, 0.15) is 0 Å². The fourth-order valence-corrected chi connectivity index (χ4v) is 4.11. The fourth-order valence-electron chi connectivity index (χ4n) is 2.24. The van der Waals surface area contributed by atoms with Crippen LogP contribution in [0.2, 0.25) is 0 Å². The second-order valence-electron chi connectivity index (χ2n) is 4.68. The number of anilines is 1. The lowest BCUT2D eigenvalue weighted by molar-refractivity contribution is 0.583. The molecule has 16 heavy (non-hydrogen) atoms. The predicted molar refractivity (Wildman–Crippen MR) is 66.1 cm³/mol. The summed E-state index contributed by atoms with van der Waals surface area (Å²) in [5, 5.41) is 0. The first-order valence-corrected chi connectivity index (χ1v) is 7.34. The maximum atomic E-state index is 11.3. The Morgan fingerprint density at radius 1 is 1.44 bits per heavy atom. The summed E-state index contributed by atoms with van der Waals surface area (Å²) in [5.41, 5.74) is 8.92. The van der Waals surface area contributed by atoms with E-state index in [1.54, 1.807) is 0 Å². The van der Waals surface area contributed by atoms with Gasteiger partial charge in [-0.15, -0.1) is 0 Å². The standard InChI is InChI=1S/C12H17NO2S/c1-9-2-3-11(12(13)6-9)7-10-4-5-16(14,15)8-10/h2-3,6,10H,4-5,7-8,13H2,1H3. The van der Waals surface area contributed by atoms with Gasteiger partial charge in [0.2, 0.25) is 0 Å². The summed E-state index contributed by atoms with van der Waals surface area (Å²) in [6, 6.07) is 5.98. The van der Waals surface area contributed by atoms with Crippen LogP contribution in [-0.2, 0) is 16.3 Å². The van der Waals surface area contributed by atoms with Crippen LogP contribution in [0.25, 0.3) is 0 Å². The van der Waals surface area contributed by atoms with E-state index in [0.717, 1.165) is 29.7 Å². The van der Waals surface area contributed by atoms with Gasteiger partial charge >= 0.3 is 0 Å². The minimum absolute atomic E-state index is 0.245. The van der Waals surface area contributed by atoms with Crippen LogP contribution >= 0.6 is 0 Å². The summed E-state index contributed by atoms with van der Waals surface area (Å²) in [4.78, 5) is 0. The molecule has 0 bridgehead atoms. The molecule has 1 atom stereocenters. The van der Waals surface area contributed by atoms with Crippen molar-refractivity contribution in [2.75, 3.05) is 17.2 Å². The van der Waals surface area contributed by atoms with E-state index in [4.69, 9.17) is 5.73 Å². The van der Waals surface area contributed by atoms with Crippen LogP contribution in [0.3, 0.4) is 0 Å². The number of benzene rings is 1. The van der Waals surface area contributed by atoms with Crippen molar-refractivity contribution in [2.24, 2.45) is 5.92 Å². The Hall–Kier alpha value is -1.03. The zero-order valence-corrected chi connectivity index (χ0v) is 10.3. The Balaban J connectivity index is 2.11. The number of sulfone groups is 1. The Kier molecular flexibility index (Phi) is 2.93. The number of aryl methyl sites for hydroxylation is 1. The van der Waals surface area contributed by atoms with Gasteiger partial charge in [-0.2, -0.15) is 0 Å². The quantitative estimate of drug-likeness (QED) is 0.797. The van der Waals surface area contributed by atoms with Gasteiger partial charge in [-0.05, 0) is 42.9 Å². The number of rotatable bonds is 2. The average Bonchev–Trinajstić information content (AvgIpc) is 2.51. The lowest BCUT2D eigenvalue weighted by atomic mass is 9.97. The summed E-state index contributed by atoms with van der Waals surface area (Å²) < 4.78 is 22.7. The molecule has 1 unspecified atom stereocenters. The topological polar surface area (TPSA) is 60.2 Å². The maximum Gasteiger partial charge on any atom is 0.150 e. The largest absolute Gasteiger partial charge is 0.398 e. The fraction of sp³-hybridized carbons (Fsp3) is 0.500. The molecule has 1 heterocycles. The predicted octanol–water partition coefficient (Wildman–Crippen LogP) is 1.55. The van der Waals surface area contributed by atoms with Crippen LogP contribution in [0.15, 0.2) is 18.2 Å². The minimum Gasteiger partial charge on any atom is -0.398 e. The zero-order chi connectivity index (χ0) is 11.8. The third-order valence-corrected chi connectivity index (χ3v) is 4.97. The van der Waals surface area contributed by atoms with Crippen LogP contribution in [-0.4, -0.2) is 19.9 Å². The first kappa shape index (κ1) is 11.5. The van der Waals surface area contributed by atoms with Gasteiger partial charge in [-0.25, -0.2) is 8.42 Å². The Morgan fingerprint density at radius 2 is 2.19 bits per heavy atom. The van der Waals surface area contributed by atoms with Crippen LogP contribution in [0.4, 0.5) is 5.69 Å². The molecule has 0 saturated carbocycles. The molecule has 0 amide bonds. The molecular formula is C12H17NO2S. The van der Waals surface area contributed by atoms with E-state index in [0.29, 0.717) is 11.5 Å². The highest BCUT2D eigenvalue weighted by Gasteiger charge is 2.28. The van der Waals surface area contributed by atoms with Gasteiger partial charge in [0.15, 0.2) is 9.84 Å². The highest BCUT2D eigenvalue weighted by molar-refractivity contribution is 7.91. The zero-order valence-electron chi connectivity index (χ0n) is 9.44. The van der Waals surface area contributed by atoms with E-state index in [9.17, 15) is 8.42 Å². The monoisotopic (exact) mass is 239 g/mol. The number of nitrogens with two attached hydrogens (primary N) is 1. The normalized spacial score (nSPS) is 23.4. The Bertz CT molecular complexity index is 494. The van der Waals surface area contributed by atoms with Crippen molar-refractivity contribution in [2.45, 2.75) is 19.8 Å². The molecule has 0 aromatic heterocycles. The third-order valence-electron chi connectivity index (χ3n) is 3.14. The van der Waals surface area contributed by atoms with E-state index in [-0.39, 0.29) is 5.92 Å². The van der Waals surface area contributed by atoms with Gasteiger partial charge in [-0.3, -0.25) is 0 Å². The van der Waals surface area contributed by atoms with Crippen molar-refractivity contribution in [3.8, 4) is 0 Å². The van der Waals surface area contributed by atoms with Crippen LogP contribution < -0.4 is 5.73 Å². The van der Waals surface area contributed by atoms with Crippen LogP contribution in [0.1, 0.15) is 17.5 Å². The summed E-state index contributed by atoms with van der Waals surface area (Å²) in [6.07, 6.45) is 1.56.